The molecule has 17 heavy (non-hydrogen) atoms. The monoisotopic (exact) mass is 255 g/mol. The molecule has 0 radical (unpaired) electrons. The molecule has 0 amide bonds. The third-order valence-electron chi connectivity index (χ3n) is 2.77. The highest BCUT2D eigenvalue weighted by Crippen LogP contribution is 2.28. The summed E-state index contributed by atoms with van der Waals surface area (Å²) in [7, 11) is 0. The maximum atomic E-state index is 11.0. The fourth-order valence-corrected chi connectivity index (χ4v) is 2.33. The predicted octanol–water partition coefficient (Wildman–Crippen LogP) is 4.24. The smallest absolute Gasteiger partial charge is 0.258 e. The Balaban J connectivity index is 3.29. The molecule has 0 fully saturated rings. The van der Waals surface area contributed by atoms with E-state index >= 15 is 0 Å². The van der Waals surface area contributed by atoms with Gasteiger partial charge in [-0.3, -0.25) is 10.1 Å². The molecule has 1 rings (SSSR count). The number of nitro benzene ring substituents is 1. The predicted molar refractivity (Wildman–Crippen MR) is 70.6 cm³/mol. The molecule has 1 aromatic carbocycles. The van der Waals surface area contributed by atoms with Crippen LogP contribution >= 0.6 is 11.6 Å². The first-order chi connectivity index (χ1) is 8.13. The summed E-state index contributed by atoms with van der Waals surface area (Å²) in [4.78, 5) is 10.7. The van der Waals surface area contributed by atoms with Crippen molar-refractivity contribution in [3.63, 3.8) is 0 Å². The summed E-state index contributed by atoms with van der Waals surface area (Å²) in [5.74, 6) is 0.206. The zero-order valence-electron chi connectivity index (χ0n) is 10.3. The van der Waals surface area contributed by atoms with Gasteiger partial charge in [0, 0.05) is 11.6 Å². The van der Waals surface area contributed by atoms with Gasteiger partial charge in [0.05, 0.1) is 10.8 Å². The van der Waals surface area contributed by atoms with Crippen LogP contribution in [-0.2, 0) is 18.7 Å². The zero-order valence-corrected chi connectivity index (χ0v) is 11.1. The Bertz CT molecular complexity index is 405. The highest BCUT2D eigenvalue weighted by atomic mass is 35.5. The summed E-state index contributed by atoms with van der Waals surface area (Å²) in [6.45, 7) is 4.14. The molecule has 4 heteroatoms. The Kier molecular flexibility index (Phi) is 5.42. The Morgan fingerprint density at radius 1 is 1.24 bits per heavy atom. The van der Waals surface area contributed by atoms with Gasteiger partial charge in [-0.25, -0.2) is 0 Å². The van der Waals surface area contributed by atoms with Gasteiger partial charge in [0.2, 0.25) is 0 Å². The van der Waals surface area contributed by atoms with Crippen molar-refractivity contribution in [1.82, 2.24) is 0 Å². The first-order valence-corrected chi connectivity index (χ1v) is 6.52. The second kappa shape index (κ2) is 6.60. The van der Waals surface area contributed by atoms with Crippen LogP contribution in [0.15, 0.2) is 12.1 Å². The molecule has 94 valence electrons. The van der Waals surface area contributed by atoms with Crippen LogP contribution in [0.25, 0.3) is 0 Å². The van der Waals surface area contributed by atoms with Gasteiger partial charge in [0.15, 0.2) is 0 Å². The van der Waals surface area contributed by atoms with E-state index in [1.54, 1.807) is 6.07 Å². The molecule has 0 unspecified atom stereocenters. The molecule has 1 aromatic rings. The molecule has 0 saturated carbocycles. The van der Waals surface area contributed by atoms with Crippen molar-refractivity contribution in [2.24, 2.45) is 0 Å². The van der Waals surface area contributed by atoms with Crippen molar-refractivity contribution in [2.75, 3.05) is 0 Å². The maximum absolute atomic E-state index is 11.0. The SMILES string of the molecule is CCCc1cc(CCC)c(CCl)c([N+](=O)[O-])c1. The molecule has 0 aromatic heterocycles. The number of nitrogens with zero attached hydrogens (tertiary/aromatic N) is 1. The molecular formula is C13H18ClNO2. The summed E-state index contributed by atoms with van der Waals surface area (Å²) in [6, 6.07) is 3.73. The van der Waals surface area contributed by atoms with Gasteiger partial charge >= 0.3 is 0 Å². The van der Waals surface area contributed by atoms with Crippen molar-refractivity contribution in [3.05, 3.63) is 38.9 Å². The molecular weight excluding hydrogens is 238 g/mol. The van der Waals surface area contributed by atoms with Crippen molar-refractivity contribution < 1.29 is 4.92 Å². The number of hydrogen-bond donors (Lipinski definition) is 0. The first kappa shape index (κ1) is 14.0. The number of alkyl halides is 1. The lowest BCUT2D eigenvalue weighted by atomic mass is 9.97. The Hall–Kier alpha value is -1.09. The van der Waals surface area contributed by atoms with Crippen LogP contribution in [-0.4, -0.2) is 4.92 Å². The summed E-state index contributed by atoms with van der Waals surface area (Å²) in [6.07, 6.45) is 3.68. The molecule has 3 nitrogen and oxygen atoms in total. The number of hydrogen-bond acceptors (Lipinski definition) is 2. The van der Waals surface area contributed by atoms with Crippen LogP contribution in [0.3, 0.4) is 0 Å². The van der Waals surface area contributed by atoms with E-state index in [0.29, 0.717) is 5.56 Å². The largest absolute Gasteiger partial charge is 0.274 e. The fourth-order valence-electron chi connectivity index (χ4n) is 2.02. The molecule has 0 N–H and O–H groups in total. The number of rotatable bonds is 6. The highest BCUT2D eigenvalue weighted by molar-refractivity contribution is 6.17. The van der Waals surface area contributed by atoms with Gasteiger partial charge in [0.1, 0.15) is 0 Å². The van der Waals surface area contributed by atoms with Crippen LogP contribution in [0.5, 0.6) is 0 Å². The molecule has 0 aliphatic carbocycles. The third kappa shape index (κ3) is 3.43. The van der Waals surface area contributed by atoms with Crippen LogP contribution in [0.1, 0.15) is 43.4 Å². The third-order valence-corrected chi connectivity index (χ3v) is 3.03. The van der Waals surface area contributed by atoms with E-state index in [2.05, 4.69) is 19.9 Å². The standard InChI is InChI=1S/C13H18ClNO2/c1-3-5-10-7-11(6-4-2)12(9-14)13(8-10)15(16)17/h7-8H,3-6,9H2,1-2H3. The Morgan fingerprint density at radius 2 is 1.88 bits per heavy atom. The first-order valence-electron chi connectivity index (χ1n) is 5.99. The lowest BCUT2D eigenvalue weighted by Crippen LogP contribution is -2.01. The number of aryl methyl sites for hydroxylation is 2. The van der Waals surface area contributed by atoms with Crippen LogP contribution in [0, 0.1) is 10.1 Å². The van der Waals surface area contributed by atoms with E-state index < -0.39 is 0 Å². The van der Waals surface area contributed by atoms with Crippen molar-refractivity contribution >= 4 is 17.3 Å². The molecule has 0 aliphatic heterocycles. The van der Waals surface area contributed by atoms with Crippen molar-refractivity contribution in [1.29, 1.82) is 0 Å². The minimum Gasteiger partial charge on any atom is -0.258 e. The average molecular weight is 256 g/mol. The van der Waals surface area contributed by atoms with Crippen molar-refractivity contribution in [2.45, 2.75) is 45.4 Å². The van der Waals surface area contributed by atoms with Gasteiger partial charge in [-0.1, -0.05) is 32.8 Å². The molecule has 0 spiro atoms. The van der Waals surface area contributed by atoms with Gasteiger partial charge in [0.25, 0.3) is 5.69 Å². The van der Waals surface area contributed by atoms with E-state index in [1.807, 2.05) is 0 Å². The maximum Gasteiger partial charge on any atom is 0.274 e. The second-order valence-electron chi connectivity index (χ2n) is 4.14. The Morgan fingerprint density at radius 3 is 2.35 bits per heavy atom. The minimum atomic E-state index is -0.323. The van der Waals surface area contributed by atoms with Gasteiger partial charge in [-0.15, -0.1) is 11.6 Å². The molecule has 0 saturated heterocycles. The van der Waals surface area contributed by atoms with Crippen LogP contribution in [0.2, 0.25) is 0 Å². The summed E-state index contributed by atoms with van der Waals surface area (Å²) < 4.78 is 0. The molecule has 0 atom stereocenters. The van der Waals surface area contributed by atoms with Gasteiger partial charge in [-0.05, 0) is 24.0 Å². The normalized spacial score (nSPS) is 10.5. The quantitative estimate of drug-likeness (QED) is 0.434. The molecule has 0 bridgehead atoms. The summed E-state index contributed by atoms with van der Waals surface area (Å²) >= 11 is 5.84. The van der Waals surface area contributed by atoms with E-state index in [4.69, 9.17) is 11.6 Å². The summed E-state index contributed by atoms with van der Waals surface area (Å²) in [5.41, 5.74) is 2.92. The van der Waals surface area contributed by atoms with Crippen LogP contribution in [0.4, 0.5) is 5.69 Å². The topological polar surface area (TPSA) is 43.1 Å². The zero-order chi connectivity index (χ0) is 12.8. The van der Waals surface area contributed by atoms with Crippen LogP contribution < -0.4 is 0 Å². The average Bonchev–Trinajstić information content (AvgIpc) is 2.29. The fraction of sp³-hybridized carbons (Fsp3) is 0.538. The lowest BCUT2D eigenvalue weighted by molar-refractivity contribution is -0.385. The number of benzene rings is 1. The number of nitro groups is 1. The summed E-state index contributed by atoms with van der Waals surface area (Å²) in [5, 5.41) is 11.0. The van der Waals surface area contributed by atoms with E-state index in [0.717, 1.165) is 36.8 Å². The minimum absolute atomic E-state index is 0.175. The van der Waals surface area contributed by atoms with E-state index in [-0.39, 0.29) is 16.5 Å². The highest BCUT2D eigenvalue weighted by Gasteiger charge is 2.18. The van der Waals surface area contributed by atoms with Gasteiger partial charge < -0.3 is 0 Å². The Labute approximate surface area is 107 Å². The van der Waals surface area contributed by atoms with Gasteiger partial charge in [-0.2, -0.15) is 0 Å². The molecule has 0 heterocycles. The van der Waals surface area contributed by atoms with E-state index in [9.17, 15) is 10.1 Å². The second-order valence-corrected chi connectivity index (χ2v) is 4.41. The number of halogens is 1. The van der Waals surface area contributed by atoms with Crippen molar-refractivity contribution in [3.8, 4) is 0 Å². The molecule has 0 aliphatic rings. The van der Waals surface area contributed by atoms with E-state index in [1.165, 1.54) is 0 Å². The lowest BCUT2D eigenvalue weighted by Gasteiger charge is -2.10.